The maximum Gasteiger partial charge on any atom is 0.320 e. The predicted molar refractivity (Wildman–Crippen MR) is 65.1 cm³/mol. The molecule has 1 aromatic heterocycles. The van der Waals surface area contributed by atoms with Gasteiger partial charge in [-0.1, -0.05) is 0 Å². The van der Waals surface area contributed by atoms with Crippen molar-refractivity contribution in [1.29, 1.82) is 0 Å². The number of carbonyl (C=O) groups is 1. The molecule has 0 aliphatic heterocycles. The van der Waals surface area contributed by atoms with Gasteiger partial charge in [0.05, 0.1) is 18.8 Å². The summed E-state index contributed by atoms with van der Waals surface area (Å²) in [6.07, 6.45) is 1.73. The molecule has 0 bridgehead atoms. The Bertz CT molecular complexity index is 369. The van der Waals surface area contributed by atoms with E-state index in [2.05, 4.69) is 4.98 Å². The van der Waals surface area contributed by atoms with Crippen molar-refractivity contribution in [1.82, 2.24) is 9.88 Å². The van der Waals surface area contributed by atoms with Crippen molar-refractivity contribution in [2.24, 2.45) is 5.73 Å². The molecule has 0 radical (unpaired) electrons. The smallest absolute Gasteiger partial charge is 0.320 e. The monoisotopic (exact) mass is 237 g/mol. The minimum absolute atomic E-state index is 0.205. The first-order chi connectivity index (χ1) is 8.15. The number of ether oxygens (including phenoxy) is 1. The molecular formula is C12H19N3O2. The van der Waals surface area contributed by atoms with Gasteiger partial charge >= 0.3 is 5.97 Å². The van der Waals surface area contributed by atoms with Crippen LogP contribution in [0.3, 0.4) is 0 Å². The molecule has 0 unspecified atom stereocenters. The van der Waals surface area contributed by atoms with Gasteiger partial charge in [0.25, 0.3) is 0 Å². The lowest BCUT2D eigenvalue weighted by Crippen LogP contribution is -2.27. The Balaban J connectivity index is 2.49. The van der Waals surface area contributed by atoms with E-state index >= 15 is 0 Å². The number of nitrogens with two attached hydrogens (primary N) is 1. The third kappa shape index (κ3) is 4.93. The van der Waals surface area contributed by atoms with Gasteiger partial charge in [-0.15, -0.1) is 0 Å². The molecule has 0 aliphatic rings. The second-order valence-corrected chi connectivity index (χ2v) is 3.84. The minimum Gasteiger partial charge on any atom is -0.465 e. The second kappa shape index (κ2) is 6.98. The van der Waals surface area contributed by atoms with E-state index in [1.165, 1.54) is 0 Å². The Morgan fingerprint density at radius 1 is 1.59 bits per heavy atom. The van der Waals surface area contributed by atoms with Crippen molar-refractivity contribution in [3.63, 3.8) is 0 Å². The molecule has 1 rings (SSSR count). The van der Waals surface area contributed by atoms with Gasteiger partial charge in [-0.3, -0.25) is 14.7 Å². The molecule has 5 nitrogen and oxygen atoms in total. The van der Waals surface area contributed by atoms with E-state index in [4.69, 9.17) is 10.5 Å². The Labute approximate surface area is 102 Å². The molecule has 0 spiro atoms. The summed E-state index contributed by atoms with van der Waals surface area (Å²) >= 11 is 0. The third-order valence-corrected chi connectivity index (χ3v) is 2.25. The largest absolute Gasteiger partial charge is 0.465 e. The van der Waals surface area contributed by atoms with Crippen LogP contribution in [0.25, 0.3) is 0 Å². The molecule has 0 saturated carbocycles. The average molecular weight is 237 g/mol. The van der Waals surface area contributed by atoms with E-state index < -0.39 is 0 Å². The van der Waals surface area contributed by atoms with Crippen molar-refractivity contribution >= 4 is 5.97 Å². The number of carbonyl (C=O) groups excluding carboxylic acids is 1. The standard InChI is InChI=1S/C12H19N3O2/c1-3-17-12(16)9-15(2)8-10-4-5-14-11(6-10)7-13/h4-6H,3,7-9,13H2,1-2H3. The summed E-state index contributed by atoms with van der Waals surface area (Å²) in [7, 11) is 1.87. The number of rotatable bonds is 6. The molecule has 0 amide bonds. The van der Waals surface area contributed by atoms with Crippen LogP contribution in [0.1, 0.15) is 18.2 Å². The molecule has 0 aromatic carbocycles. The Morgan fingerprint density at radius 2 is 2.35 bits per heavy atom. The van der Waals surface area contributed by atoms with E-state index in [0.717, 1.165) is 11.3 Å². The Morgan fingerprint density at radius 3 is 3.00 bits per heavy atom. The van der Waals surface area contributed by atoms with Crippen molar-refractivity contribution in [2.75, 3.05) is 20.2 Å². The summed E-state index contributed by atoms with van der Waals surface area (Å²) in [5, 5.41) is 0. The quantitative estimate of drug-likeness (QED) is 0.731. The fourth-order valence-corrected chi connectivity index (χ4v) is 1.53. The summed E-state index contributed by atoms with van der Waals surface area (Å²) in [5.74, 6) is -0.205. The molecular weight excluding hydrogens is 218 g/mol. The van der Waals surface area contributed by atoms with Gasteiger partial charge in [-0.2, -0.15) is 0 Å². The fourth-order valence-electron chi connectivity index (χ4n) is 1.53. The van der Waals surface area contributed by atoms with Crippen LogP contribution in [0.2, 0.25) is 0 Å². The zero-order valence-corrected chi connectivity index (χ0v) is 10.3. The molecule has 2 N–H and O–H groups in total. The number of aromatic nitrogens is 1. The molecule has 0 aliphatic carbocycles. The van der Waals surface area contributed by atoms with E-state index in [1.807, 2.05) is 24.1 Å². The lowest BCUT2D eigenvalue weighted by molar-refractivity contribution is -0.144. The summed E-state index contributed by atoms with van der Waals surface area (Å²) in [6.45, 7) is 3.60. The summed E-state index contributed by atoms with van der Waals surface area (Å²) in [4.78, 5) is 17.3. The maximum absolute atomic E-state index is 11.3. The van der Waals surface area contributed by atoms with Crippen LogP contribution >= 0.6 is 0 Å². The summed E-state index contributed by atoms with van der Waals surface area (Å²) in [6, 6.07) is 3.86. The van der Waals surface area contributed by atoms with Crippen molar-refractivity contribution < 1.29 is 9.53 Å². The topological polar surface area (TPSA) is 68.5 Å². The Kier molecular flexibility index (Phi) is 5.59. The van der Waals surface area contributed by atoms with Gasteiger partial charge in [0.15, 0.2) is 0 Å². The number of hydrogen-bond acceptors (Lipinski definition) is 5. The van der Waals surface area contributed by atoms with E-state index in [1.54, 1.807) is 13.1 Å². The van der Waals surface area contributed by atoms with E-state index in [0.29, 0.717) is 19.7 Å². The van der Waals surface area contributed by atoms with Crippen molar-refractivity contribution in [3.05, 3.63) is 29.6 Å². The molecule has 17 heavy (non-hydrogen) atoms. The van der Waals surface area contributed by atoms with Crippen LogP contribution in [-0.2, 0) is 22.6 Å². The highest BCUT2D eigenvalue weighted by molar-refractivity contribution is 5.71. The molecule has 94 valence electrons. The van der Waals surface area contributed by atoms with E-state index in [-0.39, 0.29) is 12.5 Å². The number of esters is 1. The van der Waals surface area contributed by atoms with Crippen molar-refractivity contribution in [3.8, 4) is 0 Å². The minimum atomic E-state index is -0.205. The van der Waals surface area contributed by atoms with Gasteiger partial charge < -0.3 is 10.5 Å². The Hall–Kier alpha value is -1.46. The first-order valence-corrected chi connectivity index (χ1v) is 5.63. The SMILES string of the molecule is CCOC(=O)CN(C)Cc1ccnc(CN)c1. The normalized spacial score (nSPS) is 10.6. The number of nitrogens with zero attached hydrogens (tertiary/aromatic N) is 2. The van der Waals surface area contributed by atoms with Gasteiger partial charge in [-0.05, 0) is 31.7 Å². The lowest BCUT2D eigenvalue weighted by atomic mass is 10.2. The highest BCUT2D eigenvalue weighted by atomic mass is 16.5. The molecule has 1 heterocycles. The molecule has 5 heteroatoms. The number of likely N-dealkylation sites (N-methyl/N-ethyl adjacent to an activating group) is 1. The average Bonchev–Trinajstić information content (AvgIpc) is 2.29. The van der Waals surface area contributed by atoms with Crippen LogP contribution < -0.4 is 5.73 Å². The van der Waals surface area contributed by atoms with Gasteiger partial charge in [0, 0.05) is 19.3 Å². The molecule has 0 saturated heterocycles. The molecule has 0 fully saturated rings. The summed E-state index contributed by atoms with van der Waals surface area (Å²) < 4.78 is 4.88. The summed E-state index contributed by atoms with van der Waals surface area (Å²) in [5.41, 5.74) is 7.46. The highest BCUT2D eigenvalue weighted by Gasteiger charge is 2.07. The first-order valence-electron chi connectivity index (χ1n) is 5.63. The fraction of sp³-hybridized carbons (Fsp3) is 0.500. The maximum atomic E-state index is 11.3. The predicted octanol–water partition coefficient (Wildman–Crippen LogP) is 0.535. The molecule has 1 aromatic rings. The van der Waals surface area contributed by atoms with Crippen molar-refractivity contribution in [2.45, 2.75) is 20.0 Å². The zero-order chi connectivity index (χ0) is 12.7. The molecule has 0 atom stereocenters. The van der Waals surface area contributed by atoms with Gasteiger partial charge in [-0.25, -0.2) is 0 Å². The van der Waals surface area contributed by atoms with Gasteiger partial charge in [0.1, 0.15) is 0 Å². The van der Waals surface area contributed by atoms with Crippen LogP contribution in [0, 0.1) is 0 Å². The zero-order valence-electron chi connectivity index (χ0n) is 10.3. The lowest BCUT2D eigenvalue weighted by Gasteiger charge is -2.15. The first kappa shape index (κ1) is 13.6. The highest BCUT2D eigenvalue weighted by Crippen LogP contribution is 2.04. The number of pyridine rings is 1. The van der Waals surface area contributed by atoms with Crippen LogP contribution in [-0.4, -0.2) is 36.1 Å². The van der Waals surface area contributed by atoms with Crippen LogP contribution in [0.4, 0.5) is 0 Å². The van der Waals surface area contributed by atoms with E-state index in [9.17, 15) is 4.79 Å². The van der Waals surface area contributed by atoms with Gasteiger partial charge in [0.2, 0.25) is 0 Å². The second-order valence-electron chi connectivity index (χ2n) is 3.84. The number of hydrogen-bond donors (Lipinski definition) is 1. The van der Waals surface area contributed by atoms with Crippen LogP contribution in [0.15, 0.2) is 18.3 Å². The third-order valence-electron chi connectivity index (χ3n) is 2.25. The van der Waals surface area contributed by atoms with Crippen LogP contribution in [0.5, 0.6) is 0 Å².